The van der Waals surface area contributed by atoms with Gasteiger partial charge < -0.3 is 19.8 Å². The number of likely N-dealkylation sites (tertiary alicyclic amines) is 1. The summed E-state index contributed by atoms with van der Waals surface area (Å²) in [6.07, 6.45) is 4.70. The van der Waals surface area contributed by atoms with Crippen molar-refractivity contribution in [3.63, 3.8) is 0 Å². The topological polar surface area (TPSA) is 68.7 Å². The van der Waals surface area contributed by atoms with Gasteiger partial charge in [-0.1, -0.05) is 0 Å². The summed E-state index contributed by atoms with van der Waals surface area (Å²) in [4.78, 5) is 14.1. The van der Waals surface area contributed by atoms with Crippen molar-refractivity contribution in [2.45, 2.75) is 37.8 Å². The van der Waals surface area contributed by atoms with Gasteiger partial charge in [-0.25, -0.2) is 0 Å². The summed E-state index contributed by atoms with van der Waals surface area (Å²) in [5.41, 5.74) is 5.77. The molecule has 0 spiro atoms. The number of aryl methyl sites for hydroxylation is 1. The third-order valence-corrected chi connectivity index (χ3v) is 3.76. The lowest BCUT2D eigenvalue weighted by molar-refractivity contribution is -0.136. The van der Waals surface area contributed by atoms with Gasteiger partial charge in [0.25, 0.3) is 0 Å². The van der Waals surface area contributed by atoms with Crippen LogP contribution in [0.25, 0.3) is 0 Å². The van der Waals surface area contributed by atoms with Gasteiger partial charge in [0.2, 0.25) is 5.91 Å². The first-order chi connectivity index (χ1) is 9.24. The minimum atomic E-state index is 0.0998. The lowest BCUT2D eigenvalue weighted by Gasteiger charge is -2.38. The Hall–Kier alpha value is -1.33. The quantitative estimate of drug-likeness (QED) is 0.869. The average Bonchev–Trinajstić information content (AvgIpc) is 2.97. The molecule has 1 saturated heterocycles. The van der Waals surface area contributed by atoms with E-state index in [0.29, 0.717) is 19.4 Å². The molecule has 1 aromatic rings. The number of carbonyl (C=O) groups is 1. The maximum atomic E-state index is 12.2. The Kier molecular flexibility index (Phi) is 4.99. The number of piperidine rings is 1. The van der Waals surface area contributed by atoms with Gasteiger partial charge in [-0.05, 0) is 25.0 Å². The van der Waals surface area contributed by atoms with Crippen molar-refractivity contribution in [1.82, 2.24) is 4.90 Å². The maximum absolute atomic E-state index is 12.2. The van der Waals surface area contributed by atoms with Gasteiger partial charge >= 0.3 is 0 Å². The molecule has 2 N–H and O–H groups in total. The van der Waals surface area contributed by atoms with E-state index in [1.165, 1.54) is 0 Å². The second kappa shape index (κ2) is 6.73. The van der Waals surface area contributed by atoms with E-state index in [4.69, 9.17) is 14.9 Å². The number of furan rings is 1. The van der Waals surface area contributed by atoms with Crippen LogP contribution in [0.15, 0.2) is 22.8 Å². The molecule has 0 saturated carbocycles. The van der Waals surface area contributed by atoms with E-state index < -0.39 is 0 Å². The lowest BCUT2D eigenvalue weighted by atomic mass is 9.98. The zero-order valence-corrected chi connectivity index (χ0v) is 11.4. The molecule has 1 amide bonds. The van der Waals surface area contributed by atoms with Crippen LogP contribution < -0.4 is 5.73 Å². The largest absolute Gasteiger partial charge is 0.469 e. The summed E-state index contributed by atoms with van der Waals surface area (Å²) < 4.78 is 10.6. The molecular weight excluding hydrogens is 244 g/mol. The summed E-state index contributed by atoms with van der Waals surface area (Å²) in [6, 6.07) is 3.83. The highest BCUT2D eigenvalue weighted by molar-refractivity contribution is 5.76. The first-order valence-corrected chi connectivity index (χ1v) is 6.79. The van der Waals surface area contributed by atoms with Crippen LogP contribution in [0.5, 0.6) is 0 Å². The van der Waals surface area contributed by atoms with Crippen molar-refractivity contribution in [2.24, 2.45) is 5.73 Å². The first kappa shape index (κ1) is 14.1. The van der Waals surface area contributed by atoms with Crippen LogP contribution in [-0.4, -0.2) is 43.2 Å². The predicted octanol–water partition coefficient (Wildman–Crippen LogP) is 1.18. The van der Waals surface area contributed by atoms with Crippen LogP contribution in [0.4, 0.5) is 0 Å². The lowest BCUT2D eigenvalue weighted by Crippen LogP contribution is -2.51. The number of carbonyl (C=O) groups excluding carboxylic acids is 1. The van der Waals surface area contributed by atoms with Crippen LogP contribution in [0, 0.1) is 0 Å². The van der Waals surface area contributed by atoms with E-state index in [1.54, 1.807) is 13.4 Å². The number of hydrogen-bond acceptors (Lipinski definition) is 4. The Balaban J connectivity index is 1.87. The monoisotopic (exact) mass is 266 g/mol. The molecule has 1 aliphatic rings. The molecule has 2 rings (SSSR count). The summed E-state index contributed by atoms with van der Waals surface area (Å²) in [5, 5.41) is 0. The van der Waals surface area contributed by atoms with E-state index >= 15 is 0 Å². The molecule has 5 heteroatoms. The molecule has 0 bridgehead atoms. The zero-order chi connectivity index (χ0) is 13.7. The summed E-state index contributed by atoms with van der Waals surface area (Å²) in [6.45, 7) is 1.23. The molecule has 19 heavy (non-hydrogen) atoms. The van der Waals surface area contributed by atoms with E-state index in [0.717, 1.165) is 25.1 Å². The third kappa shape index (κ3) is 3.58. The normalized spacial score (nSPS) is 23.6. The van der Waals surface area contributed by atoms with Crippen molar-refractivity contribution in [3.05, 3.63) is 24.2 Å². The first-order valence-electron chi connectivity index (χ1n) is 6.79. The second-order valence-electron chi connectivity index (χ2n) is 4.94. The van der Waals surface area contributed by atoms with Crippen LogP contribution in [0.2, 0.25) is 0 Å². The SMILES string of the molecule is COC1CCN(C(=O)CCc2ccco2)C(CN)C1. The van der Waals surface area contributed by atoms with E-state index in [-0.39, 0.29) is 18.1 Å². The highest BCUT2D eigenvalue weighted by atomic mass is 16.5. The van der Waals surface area contributed by atoms with Crippen molar-refractivity contribution in [1.29, 1.82) is 0 Å². The maximum Gasteiger partial charge on any atom is 0.223 e. The molecule has 106 valence electrons. The molecule has 2 atom stereocenters. The summed E-state index contributed by atoms with van der Waals surface area (Å²) in [5.74, 6) is 1.01. The molecule has 5 nitrogen and oxygen atoms in total. The van der Waals surface area contributed by atoms with Crippen LogP contribution in [0.3, 0.4) is 0 Å². The Morgan fingerprint density at radius 1 is 1.63 bits per heavy atom. The standard InChI is InChI=1S/C14H22N2O3/c1-18-13-6-7-16(11(9-13)10-15)14(17)5-4-12-3-2-8-19-12/h2-3,8,11,13H,4-7,9-10,15H2,1H3. The molecule has 0 aliphatic carbocycles. The minimum absolute atomic E-state index is 0.0998. The fourth-order valence-electron chi connectivity index (χ4n) is 2.61. The molecule has 0 radical (unpaired) electrons. The molecular formula is C14H22N2O3. The predicted molar refractivity (Wildman–Crippen MR) is 71.6 cm³/mol. The van der Waals surface area contributed by atoms with Crippen LogP contribution in [0.1, 0.15) is 25.0 Å². The summed E-state index contributed by atoms with van der Waals surface area (Å²) >= 11 is 0. The van der Waals surface area contributed by atoms with Crippen molar-refractivity contribution in [2.75, 3.05) is 20.2 Å². The zero-order valence-electron chi connectivity index (χ0n) is 11.4. The Labute approximate surface area is 113 Å². The highest BCUT2D eigenvalue weighted by Crippen LogP contribution is 2.20. The fourth-order valence-corrected chi connectivity index (χ4v) is 2.61. The van der Waals surface area contributed by atoms with Crippen LogP contribution >= 0.6 is 0 Å². The van der Waals surface area contributed by atoms with E-state index in [2.05, 4.69) is 0 Å². The minimum Gasteiger partial charge on any atom is -0.469 e. The molecule has 0 aromatic carbocycles. The number of rotatable bonds is 5. The summed E-state index contributed by atoms with van der Waals surface area (Å²) in [7, 11) is 1.71. The molecule has 2 unspecified atom stereocenters. The van der Waals surface area contributed by atoms with Gasteiger partial charge in [-0.3, -0.25) is 4.79 Å². The third-order valence-electron chi connectivity index (χ3n) is 3.76. The van der Waals surface area contributed by atoms with Crippen molar-refractivity contribution < 1.29 is 13.9 Å². The fraction of sp³-hybridized carbons (Fsp3) is 0.643. The van der Waals surface area contributed by atoms with E-state index in [9.17, 15) is 4.79 Å². The van der Waals surface area contributed by atoms with Crippen molar-refractivity contribution >= 4 is 5.91 Å². The average molecular weight is 266 g/mol. The van der Waals surface area contributed by atoms with Gasteiger partial charge in [0.1, 0.15) is 5.76 Å². The second-order valence-corrected chi connectivity index (χ2v) is 4.94. The number of amides is 1. The smallest absolute Gasteiger partial charge is 0.223 e. The Morgan fingerprint density at radius 3 is 3.11 bits per heavy atom. The van der Waals surface area contributed by atoms with Gasteiger partial charge in [-0.15, -0.1) is 0 Å². The van der Waals surface area contributed by atoms with Gasteiger partial charge in [0.05, 0.1) is 12.4 Å². The van der Waals surface area contributed by atoms with Gasteiger partial charge in [0.15, 0.2) is 0 Å². The Morgan fingerprint density at radius 2 is 2.47 bits per heavy atom. The Bertz CT molecular complexity index is 391. The number of nitrogens with two attached hydrogens (primary N) is 1. The van der Waals surface area contributed by atoms with Gasteiger partial charge in [-0.2, -0.15) is 0 Å². The number of hydrogen-bond donors (Lipinski definition) is 1. The van der Waals surface area contributed by atoms with Gasteiger partial charge in [0, 0.05) is 39.1 Å². The molecule has 1 aromatic heterocycles. The number of methoxy groups -OCH3 is 1. The number of nitrogens with zero attached hydrogens (tertiary/aromatic N) is 1. The number of ether oxygens (including phenoxy) is 1. The molecule has 2 heterocycles. The van der Waals surface area contributed by atoms with Crippen LogP contribution in [-0.2, 0) is 16.0 Å². The molecule has 1 fully saturated rings. The highest BCUT2D eigenvalue weighted by Gasteiger charge is 2.30. The van der Waals surface area contributed by atoms with E-state index in [1.807, 2.05) is 17.0 Å². The van der Waals surface area contributed by atoms with Crippen molar-refractivity contribution in [3.8, 4) is 0 Å². The molecule has 1 aliphatic heterocycles.